The summed E-state index contributed by atoms with van der Waals surface area (Å²) in [6.45, 7) is 8.27. The van der Waals surface area contributed by atoms with Crippen LogP contribution in [0.25, 0.3) is 11.0 Å². The van der Waals surface area contributed by atoms with Gasteiger partial charge in [-0.25, -0.2) is 0 Å². The van der Waals surface area contributed by atoms with Gasteiger partial charge in [0.15, 0.2) is 0 Å². The predicted octanol–water partition coefficient (Wildman–Crippen LogP) is 1.77. The molecular formula is C13H14N4O. The molecule has 2 rings (SSSR count). The van der Waals surface area contributed by atoms with Crippen LogP contribution in [0.3, 0.4) is 0 Å². The molecule has 0 fully saturated rings. The van der Waals surface area contributed by atoms with Crippen LogP contribution in [-0.4, -0.2) is 39.3 Å². The fourth-order valence-corrected chi connectivity index (χ4v) is 1.71. The molecule has 1 heterocycles. The first-order chi connectivity index (χ1) is 8.76. The van der Waals surface area contributed by atoms with Crippen molar-refractivity contribution >= 4 is 16.9 Å². The lowest BCUT2D eigenvalue weighted by Gasteiger charge is -2.19. The first-order valence-corrected chi connectivity index (χ1v) is 5.58. The normalized spacial score (nSPS) is 10.2. The second kappa shape index (κ2) is 5.27. The smallest absolute Gasteiger partial charge is 0.254 e. The van der Waals surface area contributed by atoms with Crippen molar-refractivity contribution in [1.29, 1.82) is 0 Å². The van der Waals surface area contributed by atoms with E-state index in [0.29, 0.717) is 24.2 Å². The Morgan fingerprint density at radius 1 is 1.22 bits per heavy atom. The summed E-state index contributed by atoms with van der Waals surface area (Å²) >= 11 is 0. The van der Waals surface area contributed by atoms with Gasteiger partial charge in [0.2, 0.25) is 0 Å². The Hall–Kier alpha value is -2.43. The fourth-order valence-electron chi connectivity index (χ4n) is 1.71. The Kier molecular flexibility index (Phi) is 3.52. The van der Waals surface area contributed by atoms with Crippen LogP contribution >= 0.6 is 0 Å². The molecule has 0 saturated carbocycles. The highest BCUT2D eigenvalue weighted by atomic mass is 16.2. The molecule has 0 aliphatic rings. The van der Waals surface area contributed by atoms with Gasteiger partial charge >= 0.3 is 0 Å². The number of hydrogen-bond acceptors (Lipinski definition) is 3. The average molecular weight is 242 g/mol. The van der Waals surface area contributed by atoms with Crippen LogP contribution in [0.15, 0.2) is 43.5 Å². The van der Waals surface area contributed by atoms with Crippen LogP contribution < -0.4 is 0 Å². The predicted molar refractivity (Wildman–Crippen MR) is 70.2 cm³/mol. The van der Waals surface area contributed by atoms with Gasteiger partial charge in [-0.2, -0.15) is 15.4 Å². The lowest BCUT2D eigenvalue weighted by Crippen LogP contribution is -2.31. The summed E-state index contributed by atoms with van der Waals surface area (Å²) in [5.41, 5.74) is 2.00. The zero-order valence-corrected chi connectivity index (χ0v) is 9.97. The number of nitrogens with one attached hydrogen (secondary N) is 1. The molecule has 1 N–H and O–H groups in total. The monoisotopic (exact) mass is 242 g/mol. The molecule has 5 nitrogen and oxygen atoms in total. The van der Waals surface area contributed by atoms with Crippen LogP contribution in [0.1, 0.15) is 10.4 Å². The van der Waals surface area contributed by atoms with Crippen molar-refractivity contribution in [3.05, 3.63) is 49.1 Å². The maximum absolute atomic E-state index is 12.3. The minimum atomic E-state index is -0.0697. The van der Waals surface area contributed by atoms with Crippen molar-refractivity contribution in [2.24, 2.45) is 0 Å². The van der Waals surface area contributed by atoms with Gasteiger partial charge in [-0.1, -0.05) is 12.2 Å². The van der Waals surface area contributed by atoms with Gasteiger partial charge in [0.05, 0.1) is 0 Å². The number of aromatic nitrogens is 3. The highest BCUT2D eigenvalue weighted by Crippen LogP contribution is 2.12. The maximum Gasteiger partial charge on any atom is 0.254 e. The van der Waals surface area contributed by atoms with Crippen LogP contribution in [0, 0.1) is 0 Å². The Morgan fingerprint density at radius 3 is 2.56 bits per heavy atom. The first-order valence-electron chi connectivity index (χ1n) is 5.58. The first kappa shape index (κ1) is 12.0. The van der Waals surface area contributed by atoms with E-state index in [1.54, 1.807) is 35.3 Å². The van der Waals surface area contributed by atoms with Gasteiger partial charge in [0.25, 0.3) is 5.91 Å². The van der Waals surface area contributed by atoms with Crippen LogP contribution in [-0.2, 0) is 0 Å². The highest BCUT2D eigenvalue weighted by molar-refractivity contribution is 5.97. The number of fused-ring (bicyclic) bond motifs is 1. The molecule has 2 aromatic rings. The Labute approximate surface area is 105 Å². The zero-order valence-electron chi connectivity index (χ0n) is 9.97. The number of amides is 1. The third-order valence-electron chi connectivity index (χ3n) is 2.55. The molecule has 0 saturated heterocycles. The molecule has 92 valence electrons. The third-order valence-corrected chi connectivity index (χ3v) is 2.55. The van der Waals surface area contributed by atoms with Gasteiger partial charge < -0.3 is 4.90 Å². The van der Waals surface area contributed by atoms with E-state index in [2.05, 4.69) is 28.6 Å². The van der Waals surface area contributed by atoms with E-state index < -0.39 is 0 Å². The van der Waals surface area contributed by atoms with Crippen molar-refractivity contribution in [3.63, 3.8) is 0 Å². The Balaban J connectivity index is 2.29. The average Bonchev–Trinajstić information content (AvgIpc) is 2.84. The number of H-pyrrole nitrogens is 1. The van der Waals surface area contributed by atoms with Crippen LogP contribution in [0.5, 0.6) is 0 Å². The molecule has 0 bridgehead atoms. The topological polar surface area (TPSA) is 61.9 Å². The SMILES string of the molecule is C=CCN(CC=C)C(=O)c1ccc2n[nH]nc2c1. The summed E-state index contributed by atoms with van der Waals surface area (Å²) in [7, 11) is 0. The summed E-state index contributed by atoms with van der Waals surface area (Å²) < 4.78 is 0. The van der Waals surface area contributed by atoms with E-state index in [4.69, 9.17) is 0 Å². The molecule has 1 amide bonds. The largest absolute Gasteiger partial charge is 0.331 e. The van der Waals surface area contributed by atoms with Gasteiger partial charge in [-0.3, -0.25) is 4.79 Å². The van der Waals surface area contributed by atoms with Gasteiger partial charge in [0, 0.05) is 18.7 Å². The molecule has 1 aromatic heterocycles. The van der Waals surface area contributed by atoms with Crippen molar-refractivity contribution in [2.45, 2.75) is 0 Å². The Morgan fingerprint density at radius 2 is 1.89 bits per heavy atom. The Bertz CT molecular complexity index is 577. The molecule has 5 heteroatoms. The minimum absolute atomic E-state index is 0.0697. The lowest BCUT2D eigenvalue weighted by atomic mass is 10.1. The van der Waals surface area contributed by atoms with Crippen molar-refractivity contribution in [3.8, 4) is 0 Å². The quantitative estimate of drug-likeness (QED) is 0.813. The van der Waals surface area contributed by atoms with E-state index >= 15 is 0 Å². The van der Waals surface area contributed by atoms with Crippen molar-refractivity contribution < 1.29 is 4.79 Å². The number of aromatic amines is 1. The van der Waals surface area contributed by atoms with Gasteiger partial charge in [0.1, 0.15) is 11.0 Å². The second-order valence-electron chi connectivity index (χ2n) is 3.81. The molecule has 1 aromatic carbocycles. The molecule has 0 unspecified atom stereocenters. The minimum Gasteiger partial charge on any atom is -0.331 e. The molecule has 18 heavy (non-hydrogen) atoms. The van der Waals surface area contributed by atoms with Crippen molar-refractivity contribution in [2.75, 3.05) is 13.1 Å². The summed E-state index contributed by atoms with van der Waals surface area (Å²) in [6.07, 6.45) is 3.38. The highest BCUT2D eigenvalue weighted by Gasteiger charge is 2.14. The molecular weight excluding hydrogens is 228 g/mol. The third kappa shape index (κ3) is 2.29. The summed E-state index contributed by atoms with van der Waals surface area (Å²) in [5.74, 6) is -0.0697. The van der Waals surface area contributed by atoms with Crippen LogP contribution in [0.2, 0.25) is 0 Å². The molecule has 0 radical (unpaired) electrons. The van der Waals surface area contributed by atoms with Crippen molar-refractivity contribution in [1.82, 2.24) is 20.3 Å². The van der Waals surface area contributed by atoms with Crippen LogP contribution in [0.4, 0.5) is 0 Å². The summed E-state index contributed by atoms with van der Waals surface area (Å²) in [6, 6.07) is 5.23. The fraction of sp³-hybridized carbons (Fsp3) is 0.154. The van der Waals surface area contributed by atoms with E-state index in [1.807, 2.05) is 0 Å². The standard InChI is InChI=1S/C13H14N4O/c1-3-7-17(8-4-2)13(18)10-5-6-11-12(9-10)15-16-14-11/h3-6,9H,1-2,7-8H2,(H,14,15,16). The van der Waals surface area contributed by atoms with E-state index in [1.165, 1.54) is 0 Å². The number of hydrogen-bond donors (Lipinski definition) is 1. The summed E-state index contributed by atoms with van der Waals surface area (Å²) in [5, 5.41) is 10.4. The molecule has 0 aliphatic carbocycles. The molecule has 0 spiro atoms. The molecule has 0 atom stereocenters. The number of carbonyl (C=O) groups is 1. The number of nitrogens with zero attached hydrogens (tertiary/aromatic N) is 3. The van der Waals surface area contributed by atoms with E-state index in [9.17, 15) is 4.79 Å². The maximum atomic E-state index is 12.3. The summed E-state index contributed by atoms with van der Waals surface area (Å²) in [4.78, 5) is 13.9. The number of benzene rings is 1. The molecule has 0 aliphatic heterocycles. The zero-order chi connectivity index (χ0) is 13.0. The van der Waals surface area contributed by atoms with Gasteiger partial charge in [-0.05, 0) is 18.2 Å². The van der Waals surface area contributed by atoms with E-state index in [0.717, 1.165) is 5.52 Å². The second-order valence-corrected chi connectivity index (χ2v) is 3.81. The lowest BCUT2D eigenvalue weighted by molar-refractivity contribution is 0.0791. The van der Waals surface area contributed by atoms with Gasteiger partial charge in [-0.15, -0.1) is 13.2 Å². The number of rotatable bonds is 5. The van der Waals surface area contributed by atoms with E-state index in [-0.39, 0.29) is 5.91 Å². The number of carbonyl (C=O) groups excluding carboxylic acids is 1.